The number of nitrogens with zero attached hydrogens (tertiary/aromatic N) is 2. The van der Waals surface area contributed by atoms with Gasteiger partial charge in [-0.25, -0.2) is 0 Å². The number of aromatic nitrogens is 1. The number of likely N-dealkylation sites (tertiary alicyclic amines) is 1. The Morgan fingerprint density at radius 1 is 1.15 bits per heavy atom. The van der Waals surface area contributed by atoms with E-state index in [1.165, 1.54) is 43.3 Å². The molecule has 1 aromatic carbocycles. The number of carbonyl (C=O) groups excluding carboxylic acids is 1. The number of primary amides is 1. The number of amides is 1. The van der Waals surface area contributed by atoms with Crippen molar-refractivity contribution in [2.24, 2.45) is 5.73 Å². The van der Waals surface area contributed by atoms with E-state index in [4.69, 9.17) is 5.73 Å². The highest BCUT2D eigenvalue weighted by Gasteiger charge is 2.11. The van der Waals surface area contributed by atoms with Crippen molar-refractivity contribution in [3.8, 4) is 0 Å². The fourth-order valence-corrected chi connectivity index (χ4v) is 3.03. The molecule has 1 aromatic heterocycles. The van der Waals surface area contributed by atoms with Crippen LogP contribution in [0.15, 0.2) is 30.5 Å². The number of benzene rings is 1. The summed E-state index contributed by atoms with van der Waals surface area (Å²) in [6, 6.07) is 8.53. The molecule has 0 atom stereocenters. The number of fused-ring (bicyclic) bond motifs is 1. The highest BCUT2D eigenvalue weighted by atomic mass is 16.1. The lowest BCUT2D eigenvalue weighted by atomic mass is 10.1. The van der Waals surface area contributed by atoms with Gasteiger partial charge in [-0.3, -0.25) is 9.69 Å². The first-order valence-electron chi connectivity index (χ1n) is 7.31. The molecule has 0 unspecified atom stereocenters. The Morgan fingerprint density at radius 2 is 1.95 bits per heavy atom. The third-order valence-corrected chi connectivity index (χ3v) is 4.02. The second-order valence-electron chi connectivity index (χ2n) is 5.64. The summed E-state index contributed by atoms with van der Waals surface area (Å²) in [6.45, 7) is 3.69. The van der Waals surface area contributed by atoms with Crippen LogP contribution < -0.4 is 5.73 Å². The molecule has 106 valence electrons. The molecule has 20 heavy (non-hydrogen) atoms. The molecule has 4 heteroatoms. The number of piperidine rings is 1. The number of rotatable bonds is 4. The van der Waals surface area contributed by atoms with Gasteiger partial charge in [0.2, 0.25) is 5.91 Å². The highest BCUT2D eigenvalue weighted by molar-refractivity contribution is 5.83. The van der Waals surface area contributed by atoms with E-state index in [1.807, 2.05) is 10.8 Å². The van der Waals surface area contributed by atoms with Crippen molar-refractivity contribution >= 4 is 16.8 Å². The lowest BCUT2D eigenvalue weighted by Gasteiger charge is -2.26. The van der Waals surface area contributed by atoms with E-state index in [0.29, 0.717) is 0 Å². The molecular formula is C16H21N3O. The molecule has 3 rings (SSSR count). The zero-order valence-electron chi connectivity index (χ0n) is 11.7. The smallest absolute Gasteiger partial charge is 0.237 e. The van der Waals surface area contributed by atoms with Gasteiger partial charge in [0.15, 0.2) is 0 Å². The van der Waals surface area contributed by atoms with Gasteiger partial charge in [-0.05, 0) is 55.1 Å². The predicted octanol–water partition coefficient (Wildman–Crippen LogP) is 2.11. The first kappa shape index (κ1) is 13.2. The number of hydrogen-bond donors (Lipinski definition) is 1. The number of nitrogens with two attached hydrogens (primary N) is 1. The maximum absolute atomic E-state index is 11.0. The molecule has 0 bridgehead atoms. The minimum atomic E-state index is -0.306. The average Bonchev–Trinajstić information content (AvgIpc) is 2.82. The van der Waals surface area contributed by atoms with Crippen LogP contribution in [-0.4, -0.2) is 28.5 Å². The minimum absolute atomic E-state index is 0.245. The Balaban J connectivity index is 1.78. The maximum Gasteiger partial charge on any atom is 0.237 e. The van der Waals surface area contributed by atoms with Gasteiger partial charge in [0.25, 0.3) is 0 Å². The lowest BCUT2D eigenvalue weighted by molar-refractivity contribution is -0.118. The Labute approximate surface area is 119 Å². The van der Waals surface area contributed by atoms with Gasteiger partial charge in [0.1, 0.15) is 6.54 Å². The van der Waals surface area contributed by atoms with Gasteiger partial charge in [-0.15, -0.1) is 0 Å². The summed E-state index contributed by atoms with van der Waals surface area (Å²) < 4.78 is 1.91. The molecule has 2 N–H and O–H groups in total. The Bertz CT molecular complexity index is 611. The van der Waals surface area contributed by atoms with Crippen molar-refractivity contribution < 1.29 is 4.79 Å². The summed E-state index contributed by atoms with van der Waals surface area (Å²) in [6.07, 6.45) is 5.93. The van der Waals surface area contributed by atoms with E-state index in [-0.39, 0.29) is 12.5 Å². The van der Waals surface area contributed by atoms with Crippen LogP contribution >= 0.6 is 0 Å². The summed E-state index contributed by atoms with van der Waals surface area (Å²) in [7, 11) is 0. The number of hydrogen-bond acceptors (Lipinski definition) is 2. The van der Waals surface area contributed by atoms with E-state index in [2.05, 4.69) is 29.2 Å². The highest BCUT2D eigenvalue weighted by Crippen LogP contribution is 2.20. The van der Waals surface area contributed by atoms with Crippen molar-refractivity contribution in [1.82, 2.24) is 9.47 Å². The fraction of sp³-hybridized carbons (Fsp3) is 0.438. The van der Waals surface area contributed by atoms with E-state index in [1.54, 1.807) is 0 Å². The van der Waals surface area contributed by atoms with Crippen molar-refractivity contribution in [3.05, 3.63) is 36.0 Å². The largest absolute Gasteiger partial charge is 0.368 e. The maximum atomic E-state index is 11.0. The van der Waals surface area contributed by atoms with Gasteiger partial charge in [-0.1, -0.05) is 12.5 Å². The van der Waals surface area contributed by atoms with Crippen LogP contribution in [0.4, 0.5) is 0 Å². The second kappa shape index (κ2) is 5.67. The van der Waals surface area contributed by atoms with Crippen LogP contribution in [0.5, 0.6) is 0 Å². The fourth-order valence-electron chi connectivity index (χ4n) is 3.03. The SMILES string of the molecule is NC(=O)Cn1ccc2cc(CN3CCCCC3)ccc21. The van der Waals surface area contributed by atoms with Gasteiger partial charge in [-0.2, -0.15) is 0 Å². The Hall–Kier alpha value is -1.81. The molecule has 0 radical (unpaired) electrons. The summed E-state index contributed by atoms with van der Waals surface area (Å²) in [4.78, 5) is 13.6. The molecule has 2 aromatic rings. The first-order chi connectivity index (χ1) is 9.72. The molecule has 1 saturated heterocycles. The molecule has 1 fully saturated rings. The topological polar surface area (TPSA) is 51.3 Å². The lowest BCUT2D eigenvalue weighted by Crippen LogP contribution is -2.29. The van der Waals surface area contributed by atoms with Crippen LogP contribution in [0.25, 0.3) is 10.9 Å². The van der Waals surface area contributed by atoms with E-state index in [9.17, 15) is 4.79 Å². The van der Waals surface area contributed by atoms with Crippen LogP contribution in [-0.2, 0) is 17.9 Å². The second-order valence-corrected chi connectivity index (χ2v) is 5.64. The van der Waals surface area contributed by atoms with Crippen LogP contribution in [0.3, 0.4) is 0 Å². The van der Waals surface area contributed by atoms with E-state index >= 15 is 0 Å². The molecule has 0 spiro atoms. The summed E-state index contributed by atoms with van der Waals surface area (Å²) in [5.74, 6) is -0.306. The quantitative estimate of drug-likeness (QED) is 0.926. The Kier molecular flexibility index (Phi) is 3.74. The molecule has 1 aliphatic rings. The van der Waals surface area contributed by atoms with E-state index < -0.39 is 0 Å². The zero-order chi connectivity index (χ0) is 13.9. The van der Waals surface area contributed by atoms with Crippen LogP contribution in [0.2, 0.25) is 0 Å². The van der Waals surface area contributed by atoms with Crippen molar-refractivity contribution in [1.29, 1.82) is 0 Å². The monoisotopic (exact) mass is 271 g/mol. The third kappa shape index (κ3) is 2.85. The molecule has 0 saturated carbocycles. The van der Waals surface area contributed by atoms with Gasteiger partial charge >= 0.3 is 0 Å². The van der Waals surface area contributed by atoms with Gasteiger partial charge in [0.05, 0.1) is 0 Å². The zero-order valence-corrected chi connectivity index (χ0v) is 11.7. The Morgan fingerprint density at radius 3 is 2.70 bits per heavy atom. The van der Waals surface area contributed by atoms with Crippen molar-refractivity contribution in [2.75, 3.05) is 13.1 Å². The van der Waals surface area contributed by atoms with Crippen LogP contribution in [0.1, 0.15) is 24.8 Å². The molecule has 1 aliphatic heterocycles. The van der Waals surface area contributed by atoms with Crippen LogP contribution in [0, 0.1) is 0 Å². The molecule has 0 aliphatic carbocycles. The number of carbonyl (C=O) groups is 1. The first-order valence-corrected chi connectivity index (χ1v) is 7.31. The minimum Gasteiger partial charge on any atom is -0.368 e. The molecular weight excluding hydrogens is 250 g/mol. The van der Waals surface area contributed by atoms with E-state index in [0.717, 1.165) is 12.1 Å². The van der Waals surface area contributed by atoms with Crippen molar-refractivity contribution in [2.45, 2.75) is 32.4 Å². The predicted molar refractivity (Wildman–Crippen MR) is 80.3 cm³/mol. The standard InChI is InChI=1S/C16H21N3O/c17-16(20)12-19-9-6-14-10-13(4-5-15(14)19)11-18-7-2-1-3-8-18/h4-6,9-10H,1-3,7-8,11-12H2,(H2,17,20). The van der Waals surface area contributed by atoms with Crippen molar-refractivity contribution in [3.63, 3.8) is 0 Å². The molecule has 2 heterocycles. The van der Waals surface area contributed by atoms with Gasteiger partial charge < -0.3 is 10.3 Å². The summed E-state index contributed by atoms with van der Waals surface area (Å²) in [5.41, 5.74) is 7.68. The molecule has 4 nitrogen and oxygen atoms in total. The average molecular weight is 271 g/mol. The normalized spacial score (nSPS) is 16.6. The van der Waals surface area contributed by atoms with Gasteiger partial charge in [0, 0.05) is 18.3 Å². The molecule has 1 amide bonds. The third-order valence-electron chi connectivity index (χ3n) is 4.02. The summed E-state index contributed by atoms with van der Waals surface area (Å²) in [5, 5.41) is 1.18. The summed E-state index contributed by atoms with van der Waals surface area (Å²) >= 11 is 0.